The fourth-order valence-electron chi connectivity index (χ4n) is 2.27. The van der Waals surface area contributed by atoms with Gasteiger partial charge in [0.2, 0.25) is 5.91 Å². The molecule has 0 unspecified atom stereocenters. The van der Waals surface area contributed by atoms with Crippen LogP contribution in [-0.2, 0) is 20.9 Å². The van der Waals surface area contributed by atoms with Crippen LogP contribution in [0.5, 0.6) is 0 Å². The van der Waals surface area contributed by atoms with Crippen LogP contribution in [0.1, 0.15) is 32.8 Å². The maximum atomic E-state index is 13.8. The first-order valence-corrected chi connectivity index (χ1v) is 8.15. The van der Waals surface area contributed by atoms with Gasteiger partial charge in [-0.1, -0.05) is 26.0 Å². The summed E-state index contributed by atoms with van der Waals surface area (Å²) in [7, 11) is 0. The largest absolute Gasteiger partial charge is 0.478 e. The van der Waals surface area contributed by atoms with Gasteiger partial charge in [0.05, 0.1) is 6.61 Å². The predicted molar refractivity (Wildman–Crippen MR) is 85.0 cm³/mol. The molecule has 1 atom stereocenters. The van der Waals surface area contributed by atoms with Crippen molar-refractivity contribution in [2.24, 2.45) is 5.92 Å². The minimum absolute atomic E-state index is 0.179. The van der Waals surface area contributed by atoms with Gasteiger partial charge >= 0.3 is 17.8 Å². The number of rotatable bonds is 8. The van der Waals surface area contributed by atoms with Crippen LogP contribution < -0.4 is 10.6 Å². The SMILES string of the molecule is CCOC(=O)[C@](NC(=O)CC(C)C)([NH2+]Cc1ccc(F)cc1)C(F)(F)F. The minimum atomic E-state index is -5.11. The quantitative estimate of drug-likeness (QED) is 0.412. The molecule has 0 fully saturated rings. The van der Waals surface area contributed by atoms with Gasteiger partial charge in [-0.15, -0.1) is 0 Å². The second kappa shape index (κ2) is 8.98. The predicted octanol–water partition coefficient (Wildman–Crippen LogP) is 1.87. The van der Waals surface area contributed by atoms with Crippen molar-refractivity contribution in [3.05, 3.63) is 35.6 Å². The number of quaternary nitrogens is 1. The van der Waals surface area contributed by atoms with Crippen LogP contribution >= 0.6 is 0 Å². The highest BCUT2D eigenvalue weighted by atomic mass is 19.4. The zero-order valence-electron chi connectivity index (χ0n) is 14.8. The van der Waals surface area contributed by atoms with E-state index in [0.29, 0.717) is 10.9 Å². The zero-order chi connectivity index (χ0) is 20.0. The lowest BCUT2D eigenvalue weighted by Crippen LogP contribution is -3.06. The summed E-state index contributed by atoms with van der Waals surface area (Å²) >= 11 is 0. The lowest BCUT2D eigenvalue weighted by atomic mass is 10.1. The summed E-state index contributed by atoms with van der Waals surface area (Å²) in [6.45, 7) is 4.11. The van der Waals surface area contributed by atoms with E-state index in [1.165, 1.54) is 19.1 Å². The van der Waals surface area contributed by atoms with Crippen molar-refractivity contribution in [1.82, 2.24) is 5.32 Å². The van der Waals surface area contributed by atoms with E-state index in [0.717, 1.165) is 12.1 Å². The average molecular weight is 379 g/mol. The Morgan fingerprint density at radius 3 is 2.23 bits per heavy atom. The van der Waals surface area contributed by atoms with Gasteiger partial charge in [-0.05, 0) is 25.0 Å². The Morgan fingerprint density at radius 2 is 1.77 bits per heavy atom. The molecule has 0 saturated heterocycles. The molecule has 0 heterocycles. The Morgan fingerprint density at radius 1 is 1.19 bits per heavy atom. The van der Waals surface area contributed by atoms with Gasteiger partial charge in [-0.2, -0.15) is 13.2 Å². The third-order valence-electron chi connectivity index (χ3n) is 3.53. The van der Waals surface area contributed by atoms with Crippen LogP contribution in [0.4, 0.5) is 17.6 Å². The number of alkyl halides is 3. The molecule has 5 nitrogen and oxygen atoms in total. The molecule has 26 heavy (non-hydrogen) atoms. The van der Waals surface area contributed by atoms with E-state index >= 15 is 0 Å². The number of esters is 1. The number of carbonyl (C=O) groups is 2. The number of carbonyl (C=O) groups excluding carboxylic acids is 2. The maximum Gasteiger partial charge on any atom is 0.478 e. The van der Waals surface area contributed by atoms with Crippen molar-refractivity contribution in [3.63, 3.8) is 0 Å². The third kappa shape index (κ3) is 5.69. The number of nitrogens with one attached hydrogen (secondary N) is 1. The van der Waals surface area contributed by atoms with Gasteiger partial charge < -0.3 is 10.1 Å². The fraction of sp³-hybridized carbons (Fsp3) is 0.529. The first kappa shape index (κ1) is 21.9. The number of ether oxygens (including phenoxy) is 1. The van der Waals surface area contributed by atoms with E-state index in [1.54, 1.807) is 19.2 Å². The number of hydrogen-bond donors (Lipinski definition) is 2. The van der Waals surface area contributed by atoms with Crippen molar-refractivity contribution in [3.8, 4) is 0 Å². The zero-order valence-corrected chi connectivity index (χ0v) is 14.8. The molecular formula is C17H23F4N2O3+. The Balaban J connectivity index is 3.16. The monoisotopic (exact) mass is 379 g/mol. The van der Waals surface area contributed by atoms with Crippen LogP contribution in [0, 0.1) is 11.7 Å². The highest BCUT2D eigenvalue weighted by Gasteiger charge is 2.67. The summed E-state index contributed by atoms with van der Waals surface area (Å²) in [6.07, 6.45) is -5.28. The van der Waals surface area contributed by atoms with E-state index in [2.05, 4.69) is 4.74 Å². The van der Waals surface area contributed by atoms with Gasteiger partial charge in [0.25, 0.3) is 0 Å². The maximum absolute atomic E-state index is 13.8. The van der Waals surface area contributed by atoms with E-state index in [1.807, 2.05) is 0 Å². The highest BCUT2D eigenvalue weighted by Crippen LogP contribution is 2.27. The van der Waals surface area contributed by atoms with Gasteiger partial charge in [0.1, 0.15) is 12.4 Å². The van der Waals surface area contributed by atoms with E-state index in [4.69, 9.17) is 0 Å². The second-order valence-corrected chi connectivity index (χ2v) is 6.21. The normalized spacial score (nSPS) is 14.0. The van der Waals surface area contributed by atoms with E-state index < -0.39 is 29.5 Å². The average Bonchev–Trinajstić information content (AvgIpc) is 2.51. The molecule has 0 aromatic heterocycles. The van der Waals surface area contributed by atoms with Crippen molar-refractivity contribution in [2.75, 3.05) is 6.61 Å². The molecule has 1 aromatic rings. The van der Waals surface area contributed by atoms with Crippen molar-refractivity contribution in [2.45, 2.75) is 45.6 Å². The Hall–Kier alpha value is -2.16. The Bertz CT molecular complexity index is 617. The summed E-state index contributed by atoms with van der Waals surface area (Å²) in [5, 5.41) is 2.45. The molecule has 1 aromatic carbocycles. The van der Waals surface area contributed by atoms with Crippen molar-refractivity contribution < 1.29 is 37.2 Å². The van der Waals surface area contributed by atoms with Crippen LogP contribution in [0.15, 0.2) is 24.3 Å². The molecule has 0 saturated carbocycles. The summed E-state index contributed by atoms with van der Waals surface area (Å²) in [4.78, 5) is 24.2. The van der Waals surface area contributed by atoms with E-state index in [9.17, 15) is 27.2 Å². The minimum Gasteiger partial charge on any atom is -0.460 e. The van der Waals surface area contributed by atoms with Gasteiger partial charge in [-0.3, -0.25) is 10.1 Å². The molecule has 0 radical (unpaired) electrons. The molecule has 0 aliphatic rings. The lowest BCUT2D eigenvalue weighted by Gasteiger charge is -2.31. The van der Waals surface area contributed by atoms with E-state index in [-0.39, 0.29) is 25.5 Å². The summed E-state index contributed by atoms with van der Waals surface area (Å²) in [5.74, 6) is -3.25. The Labute approximate surface area is 149 Å². The highest BCUT2D eigenvalue weighted by molar-refractivity contribution is 5.87. The molecule has 1 rings (SSSR count). The van der Waals surface area contributed by atoms with Crippen LogP contribution in [0.2, 0.25) is 0 Å². The van der Waals surface area contributed by atoms with Gasteiger partial charge in [-0.25, -0.2) is 9.18 Å². The topological polar surface area (TPSA) is 72.0 Å². The molecule has 0 bridgehead atoms. The molecule has 146 valence electrons. The number of nitrogens with two attached hydrogens (primary N) is 1. The number of halogens is 4. The van der Waals surface area contributed by atoms with Crippen LogP contribution in [0.25, 0.3) is 0 Å². The van der Waals surface area contributed by atoms with Crippen molar-refractivity contribution >= 4 is 11.9 Å². The van der Waals surface area contributed by atoms with Gasteiger partial charge in [0, 0.05) is 12.0 Å². The first-order valence-electron chi connectivity index (χ1n) is 8.15. The van der Waals surface area contributed by atoms with Crippen molar-refractivity contribution in [1.29, 1.82) is 0 Å². The number of benzene rings is 1. The Kier molecular flexibility index (Phi) is 7.55. The number of hydrogen-bond acceptors (Lipinski definition) is 3. The standard InChI is InChI=1S/C17H22F4N2O3/c1-4-26-15(25)16(17(19,20)21,23-14(24)9-11(2)3)22-10-12-5-7-13(18)8-6-12/h5-8,11,22H,4,9-10H2,1-3H3,(H,23,24)/p+1/t16-/m1/s1. The summed E-state index contributed by atoms with van der Waals surface area (Å²) in [6, 6.07) is 4.79. The molecule has 9 heteroatoms. The smallest absolute Gasteiger partial charge is 0.460 e. The lowest BCUT2D eigenvalue weighted by molar-refractivity contribution is -0.757. The van der Waals surface area contributed by atoms with Crippen LogP contribution in [-0.4, -0.2) is 30.3 Å². The molecular weight excluding hydrogens is 356 g/mol. The molecule has 0 aliphatic heterocycles. The fourth-order valence-corrected chi connectivity index (χ4v) is 2.27. The summed E-state index contributed by atoms with van der Waals surface area (Å²) in [5.41, 5.74) is -2.92. The molecule has 3 N–H and O–H groups in total. The number of amides is 1. The third-order valence-corrected chi connectivity index (χ3v) is 3.53. The van der Waals surface area contributed by atoms with Crippen LogP contribution in [0.3, 0.4) is 0 Å². The summed E-state index contributed by atoms with van der Waals surface area (Å²) < 4.78 is 59.0. The first-order chi connectivity index (χ1) is 12.0. The molecule has 1 amide bonds. The molecule has 0 aliphatic carbocycles. The molecule has 0 spiro atoms. The van der Waals surface area contributed by atoms with Gasteiger partial charge in [0.15, 0.2) is 0 Å². The second-order valence-electron chi connectivity index (χ2n) is 6.21.